The standard InChI is InChI=1S/C23H23ClN2O5S/c1-30-21-10-9-16(13-22(21)31-2)11-12-25-23(27)17-5-3-8-20(14-17)32(28,29)26-19-7-4-6-18(24)15-19/h3-10,13-15,26H,11-12H2,1-2H3,(H,25,27). The molecule has 0 unspecified atom stereocenters. The first kappa shape index (κ1) is 23.4. The first-order valence-corrected chi connectivity index (χ1v) is 11.6. The summed E-state index contributed by atoms with van der Waals surface area (Å²) in [6.07, 6.45) is 0.570. The molecule has 0 fully saturated rings. The highest BCUT2D eigenvalue weighted by molar-refractivity contribution is 7.92. The molecule has 0 aliphatic carbocycles. The average Bonchev–Trinajstić information content (AvgIpc) is 2.78. The minimum atomic E-state index is -3.88. The smallest absolute Gasteiger partial charge is 0.261 e. The number of ether oxygens (including phenoxy) is 2. The monoisotopic (exact) mass is 474 g/mol. The second-order valence-electron chi connectivity index (χ2n) is 6.84. The Balaban J connectivity index is 1.65. The number of hydrogen-bond acceptors (Lipinski definition) is 5. The van der Waals surface area contributed by atoms with Gasteiger partial charge in [0.1, 0.15) is 0 Å². The minimum Gasteiger partial charge on any atom is -0.493 e. The van der Waals surface area contributed by atoms with Gasteiger partial charge in [-0.1, -0.05) is 29.8 Å². The van der Waals surface area contributed by atoms with Crippen molar-refractivity contribution in [2.24, 2.45) is 0 Å². The van der Waals surface area contributed by atoms with E-state index in [1.807, 2.05) is 12.1 Å². The fraction of sp³-hybridized carbons (Fsp3) is 0.174. The van der Waals surface area contributed by atoms with E-state index in [9.17, 15) is 13.2 Å². The Morgan fingerprint density at radius 3 is 2.41 bits per heavy atom. The highest BCUT2D eigenvalue weighted by atomic mass is 35.5. The van der Waals surface area contributed by atoms with Crippen molar-refractivity contribution in [3.05, 3.63) is 82.9 Å². The fourth-order valence-corrected chi connectivity index (χ4v) is 4.31. The Morgan fingerprint density at radius 1 is 0.938 bits per heavy atom. The third-order valence-electron chi connectivity index (χ3n) is 4.63. The van der Waals surface area contributed by atoms with Crippen molar-refractivity contribution in [3.8, 4) is 11.5 Å². The summed E-state index contributed by atoms with van der Waals surface area (Å²) in [7, 11) is -0.751. The lowest BCUT2D eigenvalue weighted by atomic mass is 10.1. The summed E-state index contributed by atoms with van der Waals surface area (Å²) in [6, 6.07) is 17.8. The van der Waals surface area contributed by atoms with Crippen molar-refractivity contribution in [2.75, 3.05) is 25.5 Å². The van der Waals surface area contributed by atoms with E-state index in [1.54, 1.807) is 44.6 Å². The van der Waals surface area contributed by atoms with Gasteiger partial charge >= 0.3 is 0 Å². The SMILES string of the molecule is COc1ccc(CCNC(=O)c2cccc(S(=O)(=O)Nc3cccc(Cl)c3)c2)cc1OC. The maximum absolute atomic E-state index is 12.7. The summed E-state index contributed by atoms with van der Waals surface area (Å²) in [5.74, 6) is 0.872. The van der Waals surface area contributed by atoms with E-state index >= 15 is 0 Å². The highest BCUT2D eigenvalue weighted by Gasteiger charge is 2.17. The van der Waals surface area contributed by atoms with Crippen LogP contribution in [0.25, 0.3) is 0 Å². The predicted octanol–water partition coefficient (Wildman–Crippen LogP) is 4.13. The van der Waals surface area contributed by atoms with Gasteiger partial charge in [0.2, 0.25) is 0 Å². The van der Waals surface area contributed by atoms with E-state index in [1.165, 1.54) is 24.3 Å². The second kappa shape index (κ2) is 10.4. The van der Waals surface area contributed by atoms with E-state index in [-0.39, 0.29) is 16.4 Å². The molecule has 0 aliphatic rings. The van der Waals surface area contributed by atoms with Gasteiger partial charge in [-0.3, -0.25) is 9.52 Å². The Kier molecular flexibility index (Phi) is 7.61. The van der Waals surface area contributed by atoms with E-state index in [2.05, 4.69) is 10.0 Å². The van der Waals surface area contributed by atoms with Crippen LogP contribution >= 0.6 is 11.6 Å². The van der Waals surface area contributed by atoms with E-state index < -0.39 is 10.0 Å². The fourth-order valence-electron chi connectivity index (χ4n) is 3.03. The number of carbonyl (C=O) groups excluding carboxylic acids is 1. The van der Waals surface area contributed by atoms with Crippen LogP contribution in [0.5, 0.6) is 11.5 Å². The zero-order chi connectivity index (χ0) is 23.1. The molecule has 3 aromatic rings. The number of nitrogens with one attached hydrogen (secondary N) is 2. The van der Waals surface area contributed by atoms with E-state index in [4.69, 9.17) is 21.1 Å². The summed E-state index contributed by atoms with van der Waals surface area (Å²) in [6.45, 7) is 0.367. The van der Waals surface area contributed by atoms with Gasteiger partial charge in [0.25, 0.3) is 15.9 Å². The number of methoxy groups -OCH3 is 2. The van der Waals surface area contributed by atoms with Gasteiger partial charge in [0.05, 0.1) is 24.8 Å². The normalized spacial score (nSPS) is 11.0. The van der Waals surface area contributed by atoms with Crippen molar-refractivity contribution in [3.63, 3.8) is 0 Å². The topological polar surface area (TPSA) is 93.7 Å². The zero-order valence-corrected chi connectivity index (χ0v) is 19.2. The van der Waals surface area contributed by atoms with Crippen molar-refractivity contribution in [2.45, 2.75) is 11.3 Å². The Bertz CT molecular complexity index is 1210. The van der Waals surface area contributed by atoms with Gasteiger partial charge in [-0.05, 0) is 60.5 Å². The molecule has 1 amide bonds. The van der Waals surface area contributed by atoms with Crippen LogP contribution < -0.4 is 19.5 Å². The number of benzene rings is 3. The molecule has 0 bridgehead atoms. The van der Waals surface area contributed by atoms with Crippen LogP contribution in [0.2, 0.25) is 5.02 Å². The molecule has 0 radical (unpaired) electrons. The summed E-state index contributed by atoms with van der Waals surface area (Å²) < 4.78 is 38.3. The van der Waals surface area contributed by atoms with Gasteiger partial charge in [-0.15, -0.1) is 0 Å². The summed E-state index contributed by atoms with van der Waals surface area (Å²) >= 11 is 5.91. The molecule has 9 heteroatoms. The third kappa shape index (κ3) is 5.93. The van der Waals surface area contributed by atoms with Crippen molar-refractivity contribution >= 4 is 33.2 Å². The molecule has 7 nitrogen and oxygen atoms in total. The number of amides is 1. The summed E-state index contributed by atoms with van der Waals surface area (Å²) in [5, 5.41) is 3.22. The number of sulfonamides is 1. The summed E-state index contributed by atoms with van der Waals surface area (Å²) in [5.41, 5.74) is 1.54. The van der Waals surface area contributed by atoms with Crippen molar-refractivity contribution in [1.82, 2.24) is 5.32 Å². The number of halogens is 1. The number of rotatable bonds is 9. The Hall–Kier alpha value is -3.23. The van der Waals surface area contributed by atoms with Gasteiger partial charge in [-0.25, -0.2) is 8.42 Å². The average molecular weight is 475 g/mol. The van der Waals surface area contributed by atoms with E-state index in [0.717, 1.165) is 5.56 Å². The largest absolute Gasteiger partial charge is 0.493 e. The zero-order valence-electron chi connectivity index (χ0n) is 17.6. The predicted molar refractivity (Wildman–Crippen MR) is 124 cm³/mol. The van der Waals surface area contributed by atoms with Crippen LogP contribution in [0.1, 0.15) is 15.9 Å². The van der Waals surface area contributed by atoms with Crippen molar-refractivity contribution < 1.29 is 22.7 Å². The molecule has 0 aliphatic heterocycles. The Morgan fingerprint density at radius 2 is 1.69 bits per heavy atom. The number of hydrogen-bond donors (Lipinski definition) is 2. The van der Waals surface area contributed by atoms with Gasteiger partial charge < -0.3 is 14.8 Å². The van der Waals surface area contributed by atoms with Gasteiger partial charge in [0, 0.05) is 17.1 Å². The molecule has 2 N–H and O–H groups in total. The molecule has 0 atom stereocenters. The molecular formula is C23H23ClN2O5S. The molecule has 0 spiro atoms. The molecule has 0 heterocycles. The Labute approximate surface area is 192 Å². The molecule has 0 saturated heterocycles. The second-order valence-corrected chi connectivity index (χ2v) is 8.96. The van der Waals surface area contributed by atoms with E-state index in [0.29, 0.717) is 35.2 Å². The lowest BCUT2D eigenvalue weighted by Crippen LogP contribution is -2.26. The molecule has 0 saturated carbocycles. The maximum Gasteiger partial charge on any atom is 0.261 e. The lowest BCUT2D eigenvalue weighted by Gasteiger charge is -2.11. The quantitative estimate of drug-likeness (QED) is 0.486. The first-order valence-electron chi connectivity index (χ1n) is 9.70. The van der Waals surface area contributed by atoms with Crippen LogP contribution in [-0.4, -0.2) is 35.1 Å². The number of carbonyl (C=O) groups is 1. The van der Waals surface area contributed by atoms with Crippen LogP contribution in [0.3, 0.4) is 0 Å². The molecule has 3 rings (SSSR count). The molecular weight excluding hydrogens is 452 g/mol. The van der Waals surface area contributed by atoms with Crippen LogP contribution in [-0.2, 0) is 16.4 Å². The van der Waals surface area contributed by atoms with Gasteiger partial charge in [-0.2, -0.15) is 0 Å². The van der Waals surface area contributed by atoms with Crippen LogP contribution in [0.4, 0.5) is 5.69 Å². The van der Waals surface area contributed by atoms with Crippen LogP contribution in [0, 0.1) is 0 Å². The van der Waals surface area contributed by atoms with Crippen LogP contribution in [0.15, 0.2) is 71.6 Å². The lowest BCUT2D eigenvalue weighted by molar-refractivity contribution is 0.0954. The molecule has 3 aromatic carbocycles. The molecule has 168 valence electrons. The maximum atomic E-state index is 12.7. The molecule has 0 aromatic heterocycles. The van der Waals surface area contributed by atoms with Crippen molar-refractivity contribution in [1.29, 1.82) is 0 Å². The third-order valence-corrected chi connectivity index (χ3v) is 6.24. The minimum absolute atomic E-state index is 0.0231. The summed E-state index contributed by atoms with van der Waals surface area (Å²) in [4.78, 5) is 12.5. The van der Waals surface area contributed by atoms with Gasteiger partial charge in [0.15, 0.2) is 11.5 Å². The highest BCUT2D eigenvalue weighted by Crippen LogP contribution is 2.27. The number of anilines is 1. The molecule has 32 heavy (non-hydrogen) atoms. The first-order chi connectivity index (χ1) is 15.3.